The molecule has 194 valence electrons. The van der Waals surface area contributed by atoms with E-state index in [9.17, 15) is 13.8 Å². The van der Waals surface area contributed by atoms with Crippen molar-refractivity contribution in [1.82, 2.24) is 19.8 Å². The summed E-state index contributed by atoms with van der Waals surface area (Å²) in [6.07, 6.45) is 3.23. The standard InChI is InChI=1S/C24H34N4O4S.C2H6/c1-18(21-9-5-7-19-6-3-4-8-22(19)21)27-13-10-20(11-14-27)28(33(2)32)17-24(31)26-16-23(30)25-12-15-29;1-2/h3-9,18,20,29H,10-17H2,1-2H3,(H,25,30)(H,26,31);1-2H3. The maximum atomic E-state index is 12.4. The van der Waals surface area contributed by atoms with Crippen LogP contribution in [0, 0.1) is 0 Å². The number of hydrogen-bond donors (Lipinski definition) is 3. The van der Waals surface area contributed by atoms with Gasteiger partial charge >= 0.3 is 0 Å². The SMILES string of the molecule is CC.CC(c1cccc2ccccc12)N1CCC(N(CC(=O)NCC(=O)NCCO)S(C)=O)CC1. The van der Waals surface area contributed by atoms with E-state index in [1.165, 1.54) is 16.3 Å². The zero-order chi connectivity index (χ0) is 25.8. The Morgan fingerprint density at radius 1 is 1.09 bits per heavy atom. The van der Waals surface area contributed by atoms with Gasteiger partial charge in [-0.3, -0.25) is 14.5 Å². The number of likely N-dealkylation sites (tertiary alicyclic amines) is 1. The first-order valence-corrected chi connectivity index (χ1v) is 13.9. The molecule has 1 aliphatic rings. The van der Waals surface area contributed by atoms with Crippen molar-refractivity contribution in [2.24, 2.45) is 0 Å². The van der Waals surface area contributed by atoms with Gasteiger partial charge < -0.3 is 15.7 Å². The van der Waals surface area contributed by atoms with Gasteiger partial charge in [-0.2, -0.15) is 0 Å². The van der Waals surface area contributed by atoms with Crippen molar-refractivity contribution in [3.63, 3.8) is 0 Å². The van der Waals surface area contributed by atoms with Crippen LogP contribution in [-0.4, -0.2) is 82.0 Å². The summed E-state index contributed by atoms with van der Waals surface area (Å²) in [6, 6.07) is 15.2. The van der Waals surface area contributed by atoms with Gasteiger partial charge in [-0.1, -0.05) is 56.3 Å². The molecule has 1 heterocycles. The first kappa shape index (κ1) is 28.9. The van der Waals surface area contributed by atoms with Gasteiger partial charge in [0.25, 0.3) is 0 Å². The van der Waals surface area contributed by atoms with E-state index in [1.54, 1.807) is 10.6 Å². The number of piperidine rings is 1. The molecular formula is C26H40N4O4S. The molecule has 8 nitrogen and oxygen atoms in total. The number of rotatable bonds is 10. The normalized spacial score (nSPS) is 16.3. The summed E-state index contributed by atoms with van der Waals surface area (Å²) in [5, 5.41) is 16.3. The van der Waals surface area contributed by atoms with Crippen LogP contribution in [0.25, 0.3) is 10.8 Å². The molecule has 0 aromatic heterocycles. The van der Waals surface area contributed by atoms with E-state index in [4.69, 9.17) is 5.11 Å². The molecule has 1 saturated heterocycles. The van der Waals surface area contributed by atoms with Crippen LogP contribution >= 0.6 is 0 Å². The van der Waals surface area contributed by atoms with E-state index < -0.39 is 11.0 Å². The summed E-state index contributed by atoms with van der Waals surface area (Å²) in [6.45, 7) is 7.76. The van der Waals surface area contributed by atoms with Crippen molar-refractivity contribution in [2.75, 3.05) is 45.6 Å². The number of hydrogen-bond acceptors (Lipinski definition) is 5. The molecule has 2 unspecified atom stereocenters. The van der Waals surface area contributed by atoms with Gasteiger partial charge in [0.05, 0.1) is 30.7 Å². The van der Waals surface area contributed by atoms with E-state index in [2.05, 4.69) is 64.9 Å². The number of nitrogens with one attached hydrogen (secondary N) is 2. The van der Waals surface area contributed by atoms with E-state index in [0.29, 0.717) is 0 Å². The molecule has 0 aliphatic carbocycles. The third-order valence-electron chi connectivity index (χ3n) is 6.24. The Morgan fingerprint density at radius 2 is 1.74 bits per heavy atom. The molecule has 1 fully saturated rings. The zero-order valence-corrected chi connectivity index (χ0v) is 22.1. The maximum Gasteiger partial charge on any atom is 0.239 e. The van der Waals surface area contributed by atoms with Crippen LogP contribution in [0.2, 0.25) is 0 Å². The second-order valence-electron chi connectivity index (χ2n) is 8.36. The predicted molar refractivity (Wildman–Crippen MR) is 142 cm³/mol. The van der Waals surface area contributed by atoms with Crippen molar-refractivity contribution in [2.45, 2.75) is 45.7 Å². The molecule has 2 amide bonds. The van der Waals surface area contributed by atoms with Crippen molar-refractivity contribution < 1.29 is 18.9 Å². The van der Waals surface area contributed by atoms with Crippen LogP contribution in [0.15, 0.2) is 42.5 Å². The average Bonchev–Trinajstić information content (AvgIpc) is 2.89. The van der Waals surface area contributed by atoms with E-state index in [-0.39, 0.29) is 50.1 Å². The van der Waals surface area contributed by atoms with E-state index in [1.807, 2.05) is 13.8 Å². The highest BCUT2D eigenvalue weighted by molar-refractivity contribution is 7.81. The monoisotopic (exact) mass is 504 g/mol. The summed E-state index contributed by atoms with van der Waals surface area (Å²) in [4.78, 5) is 26.4. The smallest absolute Gasteiger partial charge is 0.239 e. The largest absolute Gasteiger partial charge is 0.395 e. The number of fused-ring (bicyclic) bond motifs is 1. The van der Waals surface area contributed by atoms with Crippen molar-refractivity contribution in [3.05, 3.63) is 48.0 Å². The van der Waals surface area contributed by atoms with E-state index in [0.717, 1.165) is 25.9 Å². The van der Waals surface area contributed by atoms with Crippen LogP contribution in [0.4, 0.5) is 0 Å². The zero-order valence-electron chi connectivity index (χ0n) is 21.3. The lowest BCUT2D eigenvalue weighted by atomic mass is 9.96. The van der Waals surface area contributed by atoms with Crippen LogP contribution in [-0.2, 0) is 20.6 Å². The number of aliphatic hydroxyl groups excluding tert-OH is 1. The van der Waals surface area contributed by atoms with Crippen molar-refractivity contribution in [3.8, 4) is 0 Å². The molecule has 2 atom stereocenters. The minimum Gasteiger partial charge on any atom is -0.395 e. The maximum absolute atomic E-state index is 12.4. The Bertz CT molecular complexity index is 973. The Balaban J connectivity index is 0.00000210. The molecule has 3 N–H and O–H groups in total. The third kappa shape index (κ3) is 8.38. The van der Waals surface area contributed by atoms with Gasteiger partial charge in [-0.05, 0) is 36.1 Å². The first-order valence-electron chi connectivity index (χ1n) is 12.4. The van der Waals surface area contributed by atoms with Gasteiger partial charge in [0, 0.05) is 38.0 Å². The molecule has 0 spiro atoms. The van der Waals surface area contributed by atoms with Crippen LogP contribution in [0.3, 0.4) is 0 Å². The van der Waals surface area contributed by atoms with Gasteiger partial charge in [-0.25, -0.2) is 8.51 Å². The van der Waals surface area contributed by atoms with Gasteiger partial charge in [-0.15, -0.1) is 0 Å². The lowest BCUT2D eigenvalue weighted by molar-refractivity contribution is -0.126. The molecule has 35 heavy (non-hydrogen) atoms. The number of amides is 2. The fourth-order valence-corrected chi connectivity index (χ4v) is 5.37. The van der Waals surface area contributed by atoms with Gasteiger partial charge in [0.1, 0.15) is 0 Å². The number of benzene rings is 2. The minimum absolute atomic E-state index is 0.0140. The minimum atomic E-state index is -1.30. The molecule has 1 aliphatic heterocycles. The lowest BCUT2D eigenvalue weighted by Gasteiger charge is -2.39. The molecule has 2 aromatic carbocycles. The Hall–Kier alpha value is -2.33. The highest BCUT2D eigenvalue weighted by Gasteiger charge is 2.30. The fourth-order valence-electron chi connectivity index (χ4n) is 4.44. The summed E-state index contributed by atoms with van der Waals surface area (Å²) in [5.41, 5.74) is 1.31. The molecule has 2 aromatic rings. The highest BCUT2D eigenvalue weighted by Crippen LogP contribution is 2.31. The fraction of sp³-hybridized carbons (Fsp3) is 0.538. The predicted octanol–water partition coefficient (Wildman–Crippen LogP) is 2.21. The topological polar surface area (TPSA) is 102 Å². The van der Waals surface area contributed by atoms with Crippen LogP contribution < -0.4 is 10.6 Å². The Labute approximate surface area is 211 Å². The average molecular weight is 505 g/mol. The highest BCUT2D eigenvalue weighted by atomic mass is 32.2. The molecular weight excluding hydrogens is 464 g/mol. The molecule has 9 heteroatoms. The van der Waals surface area contributed by atoms with Crippen molar-refractivity contribution >= 4 is 33.6 Å². The quantitative estimate of drug-likeness (QED) is 0.461. The first-order chi connectivity index (χ1) is 16.9. The number of aliphatic hydroxyl groups is 1. The summed E-state index contributed by atoms with van der Waals surface area (Å²) in [7, 11) is -1.30. The number of nitrogens with zero attached hydrogens (tertiary/aromatic N) is 2. The summed E-state index contributed by atoms with van der Waals surface area (Å²) < 4.78 is 14.1. The van der Waals surface area contributed by atoms with Crippen LogP contribution in [0.1, 0.15) is 45.2 Å². The van der Waals surface area contributed by atoms with Crippen molar-refractivity contribution in [1.29, 1.82) is 0 Å². The molecule has 0 bridgehead atoms. The van der Waals surface area contributed by atoms with Crippen LogP contribution in [0.5, 0.6) is 0 Å². The lowest BCUT2D eigenvalue weighted by Crippen LogP contribution is -2.50. The Morgan fingerprint density at radius 3 is 2.40 bits per heavy atom. The molecule has 0 radical (unpaired) electrons. The molecule has 0 saturated carbocycles. The second kappa shape index (κ2) is 14.9. The van der Waals surface area contributed by atoms with Gasteiger partial charge in [0.15, 0.2) is 0 Å². The molecule has 3 rings (SSSR count). The van der Waals surface area contributed by atoms with Gasteiger partial charge in [0.2, 0.25) is 11.8 Å². The Kier molecular flexibility index (Phi) is 12.3. The number of carbonyl (C=O) groups is 2. The second-order valence-corrected chi connectivity index (χ2v) is 9.68. The summed E-state index contributed by atoms with van der Waals surface area (Å²) in [5.74, 6) is -0.701. The third-order valence-corrected chi connectivity index (χ3v) is 7.33. The summed E-state index contributed by atoms with van der Waals surface area (Å²) >= 11 is 0. The number of carbonyl (C=O) groups excluding carboxylic acids is 2. The van der Waals surface area contributed by atoms with E-state index >= 15 is 0 Å².